The Labute approximate surface area is 209 Å². The Kier molecular flexibility index (Phi) is 6.74. The third kappa shape index (κ3) is 4.01. The van der Waals surface area contributed by atoms with Crippen LogP contribution in [0, 0.1) is 17.8 Å². The van der Waals surface area contributed by atoms with Crippen molar-refractivity contribution in [2.75, 3.05) is 13.7 Å². The Hall–Kier alpha value is -2.82. The summed E-state index contributed by atoms with van der Waals surface area (Å²) in [6.07, 6.45) is 3.03. The van der Waals surface area contributed by atoms with Crippen LogP contribution in [0.1, 0.15) is 41.0 Å². The quantitative estimate of drug-likeness (QED) is 0.189. The summed E-state index contributed by atoms with van der Waals surface area (Å²) >= 11 is 0. The molecule has 1 spiro atoms. The molecule has 0 aromatic rings. The molecule has 2 bridgehead atoms. The average molecular weight is 504 g/mol. The summed E-state index contributed by atoms with van der Waals surface area (Å²) < 4.78 is 24.0. The lowest BCUT2D eigenvalue weighted by molar-refractivity contribution is -0.387. The number of carbonyl (C=O) groups excluding carboxylic acids is 4. The molecule has 1 amide bonds. The highest BCUT2D eigenvalue weighted by atomic mass is 16.8. The summed E-state index contributed by atoms with van der Waals surface area (Å²) in [6.45, 7) is 8.96. The molecule has 2 N–H and O–H groups in total. The first-order chi connectivity index (χ1) is 16.8. The third-order valence-electron chi connectivity index (χ3n) is 7.67. The van der Waals surface area contributed by atoms with Gasteiger partial charge in [-0.2, -0.15) is 0 Å². The second kappa shape index (κ2) is 9.24. The topological polar surface area (TPSA) is 137 Å². The van der Waals surface area contributed by atoms with Crippen molar-refractivity contribution < 1.29 is 43.2 Å². The number of nitrogens with one attached hydrogen (secondary N) is 1. The molecule has 0 aromatic carbocycles. The van der Waals surface area contributed by atoms with E-state index in [1.807, 2.05) is 19.9 Å². The number of aliphatic hydroxyl groups is 1. The van der Waals surface area contributed by atoms with Gasteiger partial charge >= 0.3 is 5.97 Å². The number of ether oxygens (including phenoxy) is 4. The smallest absolute Gasteiger partial charge is 0.316 e. The second-order valence-corrected chi connectivity index (χ2v) is 10.3. The van der Waals surface area contributed by atoms with Crippen LogP contribution in [0.2, 0.25) is 0 Å². The minimum atomic E-state index is -1.47. The van der Waals surface area contributed by atoms with Crippen molar-refractivity contribution >= 4 is 23.4 Å². The number of amides is 1. The molecule has 36 heavy (non-hydrogen) atoms. The second-order valence-electron chi connectivity index (χ2n) is 10.3. The van der Waals surface area contributed by atoms with Crippen molar-refractivity contribution in [1.82, 2.24) is 5.32 Å². The number of hydrogen-bond donors (Lipinski definition) is 2. The van der Waals surface area contributed by atoms with Gasteiger partial charge in [-0.05, 0) is 26.8 Å². The first-order valence-corrected chi connectivity index (χ1v) is 12.1. The summed E-state index contributed by atoms with van der Waals surface area (Å²) in [5.74, 6) is -4.97. The monoisotopic (exact) mass is 503 g/mol. The van der Waals surface area contributed by atoms with Crippen LogP contribution in [0.3, 0.4) is 0 Å². The van der Waals surface area contributed by atoms with E-state index in [-0.39, 0.29) is 36.2 Å². The Bertz CT molecular complexity index is 1070. The largest absolute Gasteiger partial charge is 0.507 e. The summed E-state index contributed by atoms with van der Waals surface area (Å²) in [7, 11) is 1.30. The third-order valence-corrected chi connectivity index (χ3v) is 7.67. The van der Waals surface area contributed by atoms with E-state index in [1.165, 1.54) is 13.2 Å². The van der Waals surface area contributed by atoms with Gasteiger partial charge in [0.05, 0.1) is 25.9 Å². The summed E-state index contributed by atoms with van der Waals surface area (Å²) in [4.78, 5) is 49.4. The SMILES string of the molecule is COC(=O)C1C(C)OC2(C)CC(=O)C3OC12OC(C(C)/C=C(C)/C=C/C(O)=C1C(=O)CNC1=O)C3C. The number of fused-ring (bicyclic) bond motifs is 1. The highest BCUT2D eigenvalue weighted by molar-refractivity contribution is 6.25. The maximum Gasteiger partial charge on any atom is 0.316 e. The van der Waals surface area contributed by atoms with E-state index in [0.29, 0.717) is 0 Å². The van der Waals surface area contributed by atoms with Gasteiger partial charge < -0.3 is 29.4 Å². The van der Waals surface area contributed by atoms with Gasteiger partial charge in [0.1, 0.15) is 29.0 Å². The van der Waals surface area contributed by atoms with Crippen molar-refractivity contribution in [3.8, 4) is 0 Å². The van der Waals surface area contributed by atoms with Crippen LogP contribution in [0.25, 0.3) is 0 Å². The number of allylic oxidation sites excluding steroid dienone is 3. The first-order valence-electron chi connectivity index (χ1n) is 12.1. The van der Waals surface area contributed by atoms with Crippen LogP contribution in [0.15, 0.2) is 35.1 Å². The van der Waals surface area contributed by atoms with Gasteiger partial charge in [-0.25, -0.2) is 0 Å². The van der Waals surface area contributed by atoms with Gasteiger partial charge in [-0.15, -0.1) is 0 Å². The Balaban J connectivity index is 1.63. The van der Waals surface area contributed by atoms with Crippen LogP contribution in [-0.2, 0) is 38.1 Å². The van der Waals surface area contributed by atoms with E-state index in [2.05, 4.69) is 5.32 Å². The fourth-order valence-electron chi connectivity index (χ4n) is 6.00. The van der Waals surface area contributed by atoms with E-state index in [0.717, 1.165) is 5.57 Å². The highest BCUT2D eigenvalue weighted by Gasteiger charge is 2.74. The number of rotatable bonds is 5. The molecule has 196 valence electrons. The Morgan fingerprint density at radius 2 is 1.89 bits per heavy atom. The number of esters is 1. The summed E-state index contributed by atoms with van der Waals surface area (Å²) in [5.41, 5.74) is -0.676. The minimum absolute atomic E-state index is 0.0682. The predicted molar refractivity (Wildman–Crippen MR) is 125 cm³/mol. The van der Waals surface area contributed by atoms with Crippen molar-refractivity contribution in [2.45, 2.75) is 70.7 Å². The molecule has 4 aliphatic rings. The number of methoxy groups -OCH3 is 1. The van der Waals surface area contributed by atoms with Gasteiger partial charge in [0.2, 0.25) is 5.79 Å². The van der Waals surface area contributed by atoms with E-state index < -0.39 is 59.0 Å². The number of hydrogen-bond acceptors (Lipinski definition) is 9. The van der Waals surface area contributed by atoms with Crippen molar-refractivity contribution in [2.24, 2.45) is 17.8 Å². The molecule has 4 rings (SSSR count). The fourth-order valence-corrected chi connectivity index (χ4v) is 6.00. The number of aliphatic hydroxyl groups excluding tert-OH is 1. The van der Waals surface area contributed by atoms with Crippen LogP contribution in [0.4, 0.5) is 0 Å². The van der Waals surface area contributed by atoms with Crippen LogP contribution in [0.5, 0.6) is 0 Å². The molecule has 0 aromatic heterocycles. The Morgan fingerprint density at radius 1 is 1.19 bits per heavy atom. The molecule has 8 atom stereocenters. The number of carbonyl (C=O) groups is 4. The maximum absolute atomic E-state index is 13.1. The zero-order valence-electron chi connectivity index (χ0n) is 21.3. The lowest BCUT2D eigenvalue weighted by atomic mass is 9.73. The molecule has 4 fully saturated rings. The average Bonchev–Trinajstić information content (AvgIpc) is 3.25. The van der Waals surface area contributed by atoms with Gasteiger partial charge in [-0.1, -0.05) is 31.6 Å². The van der Waals surface area contributed by atoms with E-state index in [4.69, 9.17) is 18.9 Å². The Morgan fingerprint density at radius 3 is 2.50 bits per heavy atom. The normalized spacial score (nSPS) is 40.8. The molecule has 4 heterocycles. The zero-order chi connectivity index (χ0) is 26.6. The van der Waals surface area contributed by atoms with Crippen molar-refractivity contribution in [1.29, 1.82) is 0 Å². The van der Waals surface area contributed by atoms with Gasteiger partial charge in [0.15, 0.2) is 11.6 Å². The van der Waals surface area contributed by atoms with E-state index in [1.54, 1.807) is 26.8 Å². The molecular weight excluding hydrogens is 470 g/mol. The highest BCUT2D eigenvalue weighted by Crippen LogP contribution is 2.57. The molecule has 0 aliphatic carbocycles. The lowest BCUT2D eigenvalue weighted by Gasteiger charge is -2.56. The van der Waals surface area contributed by atoms with Crippen LogP contribution in [-0.4, -0.2) is 71.9 Å². The lowest BCUT2D eigenvalue weighted by Crippen LogP contribution is -2.71. The minimum Gasteiger partial charge on any atom is -0.507 e. The van der Waals surface area contributed by atoms with E-state index >= 15 is 0 Å². The van der Waals surface area contributed by atoms with E-state index in [9.17, 15) is 24.3 Å². The molecular formula is C26H33NO9. The van der Waals surface area contributed by atoms with Crippen molar-refractivity contribution in [3.05, 3.63) is 35.1 Å². The molecule has 10 heteroatoms. The van der Waals surface area contributed by atoms with Crippen LogP contribution < -0.4 is 5.32 Å². The van der Waals surface area contributed by atoms with Gasteiger partial charge in [0, 0.05) is 18.3 Å². The summed E-state index contributed by atoms with van der Waals surface area (Å²) in [6, 6.07) is 0. The molecule has 10 nitrogen and oxygen atoms in total. The summed E-state index contributed by atoms with van der Waals surface area (Å²) in [5, 5.41) is 12.6. The van der Waals surface area contributed by atoms with Crippen LogP contribution >= 0.6 is 0 Å². The molecule has 8 unspecified atom stereocenters. The maximum atomic E-state index is 13.1. The van der Waals surface area contributed by atoms with Gasteiger partial charge in [0.25, 0.3) is 5.91 Å². The first kappa shape index (κ1) is 26.2. The molecule has 4 saturated heterocycles. The van der Waals surface area contributed by atoms with Gasteiger partial charge in [-0.3, -0.25) is 19.2 Å². The fraction of sp³-hybridized carbons (Fsp3) is 0.615. The predicted octanol–water partition coefficient (Wildman–Crippen LogP) is 1.69. The molecule has 0 saturated carbocycles. The standard InChI is InChI=1S/C26H33NO9/c1-12(7-8-16(28)19-18(30)11-27-23(19)31)9-13(2)21-14(3)22-17(29)10-25(5)26(35-21,36-22)20(15(4)34-25)24(32)33-6/h7-9,13-15,20-22,28H,10-11H2,1-6H3,(H,27,31)/b8-7+,12-9+,19-16?. The number of Topliss-reactive ketones (excluding diaryl/α,β-unsaturated/α-hetero) is 2. The van der Waals surface area contributed by atoms with Crippen molar-refractivity contribution in [3.63, 3.8) is 0 Å². The number of ketones is 2. The molecule has 0 radical (unpaired) electrons. The molecule has 4 aliphatic heterocycles. The zero-order valence-corrected chi connectivity index (χ0v) is 21.3.